The summed E-state index contributed by atoms with van der Waals surface area (Å²) in [5.41, 5.74) is 0. The highest BCUT2D eigenvalue weighted by atomic mass is 16.5. The average molecular weight is 411 g/mol. The lowest BCUT2D eigenvalue weighted by Crippen LogP contribution is -2.50. The maximum Gasteiger partial charge on any atom is 0.234 e. The number of hydrogen-bond acceptors (Lipinski definition) is 5. The summed E-state index contributed by atoms with van der Waals surface area (Å²) in [6.45, 7) is 16.1. The van der Waals surface area contributed by atoms with Gasteiger partial charge in [-0.15, -0.1) is 0 Å². The van der Waals surface area contributed by atoms with Crippen molar-refractivity contribution in [1.29, 1.82) is 0 Å². The van der Waals surface area contributed by atoms with E-state index in [0.29, 0.717) is 18.5 Å². The van der Waals surface area contributed by atoms with Crippen LogP contribution >= 0.6 is 0 Å². The van der Waals surface area contributed by atoms with Crippen molar-refractivity contribution in [2.75, 3.05) is 72.1 Å². The summed E-state index contributed by atoms with van der Waals surface area (Å²) in [6.07, 6.45) is 3.05. The number of aliphatic imine (C=N–C) groups is 1. The molecule has 1 amide bonds. The normalized spacial score (nSPS) is 21.0. The fourth-order valence-electron chi connectivity index (χ4n) is 3.80. The Bertz CT molecular complexity index is 488. The van der Waals surface area contributed by atoms with Crippen LogP contribution in [0.25, 0.3) is 0 Å². The number of ether oxygens (including phenoxy) is 1. The molecule has 1 atom stereocenters. The largest absolute Gasteiger partial charge is 0.379 e. The van der Waals surface area contributed by atoms with E-state index in [0.717, 1.165) is 90.8 Å². The molecule has 0 saturated carbocycles. The van der Waals surface area contributed by atoms with E-state index in [4.69, 9.17) is 9.73 Å². The number of amides is 1. The molecule has 2 aliphatic heterocycles. The van der Waals surface area contributed by atoms with Crippen LogP contribution in [0.15, 0.2) is 4.99 Å². The van der Waals surface area contributed by atoms with Crippen molar-refractivity contribution < 1.29 is 9.53 Å². The Morgan fingerprint density at radius 3 is 2.48 bits per heavy atom. The van der Waals surface area contributed by atoms with Crippen molar-refractivity contribution in [3.63, 3.8) is 0 Å². The molecule has 8 nitrogen and oxygen atoms in total. The molecular weight excluding hydrogens is 368 g/mol. The second-order valence-corrected chi connectivity index (χ2v) is 8.28. The molecule has 2 fully saturated rings. The zero-order valence-electron chi connectivity index (χ0n) is 18.7. The van der Waals surface area contributed by atoms with E-state index in [1.54, 1.807) is 0 Å². The van der Waals surface area contributed by atoms with E-state index in [1.165, 1.54) is 0 Å². The van der Waals surface area contributed by atoms with Gasteiger partial charge in [0.25, 0.3) is 0 Å². The lowest BCUT2D eigenvalue weighted by atomic mass is 10.1. The van der Waals surface area contributed by atoms with Gasteiger partial charge in [-0.1, -0.05) is 13.8 Å². The van der Waals surface area contributed by atoms with Crippen molar-refractivity contribution in [3.8, 4) is 0 Å². The van der Waals surface area contributed by atoms with E-state index in [9.17, 15) is 4.79 Å². The molecule has 2 saturated heterocycles. The Morgan fingerprint density at radius 2 is 1.83 bits per heavy atom. The van der Waals surface area contributed by atoms with Crippen LogP contribution in [0.3, 0.4) is 0 Å². The molecule has 0 aromatic rings. The monoisotopic (exact) mass is 410 g/mol. The number of piperidine rings is 1. The molecule has 8 heteroatoms. The number of likely N-dealkylation sites (tertiary alicyclic amines) is 1. The van der Waals surface area contributed by atoms with Crippen LogP contribution < -0.4 is 16.0 Å². The van der Waals surface area contributed by atoms with Gasteiger partial charge < -0.3 is 20.7 Å². The van der Waals surface area contributed by atoms with Crippen LogP contribution in [0.4, 0.5) is 0 Å². The van der Waals surface area contributed by atoms with Crippen molar-refractivity contribution in [2.45, 2.75) is 46.1 Å². The number of carbonyl (C=O) groups is 1. The molecule has 29 heavy (non-hydrogen) atoms. The van der Waals surface area contributed by atoms with E-state index in [-0.39, 0.29) is 5.91 Å². The molecule has 2 aliphatic rings. The first-order valence-electron chi connectivity index (χ1n) is 11.4. The van der Waals surface area contributed by atoms with Gasteiger partial charge >= 0.3 is 0 Å². The molecule has 0 bridgehead atoms. The summed E-state index contributed by atoms with van der Waals surface area (Å²) >= 11 is 0. The predicted octanol–water partition coefficient (Wildman–Crippen LogP) is 0.500. The van der Waals surface area contributed by atoms with Gasteiger partial charge in [-0.3, -0.25) is 19.6 Å². The summed E-state index contributed by atoms with van der Waals surface area (Å²) in [6, 6.07) is 0.414. The Labute approximate surface area is 176 Å². The smallest absolute Gasteiger partial charge is 0.234 e. The van der Waals surface area contributed by atoms with Crippen LogP contribution in [-0.4, -0.2) is 99.8 Å². The van der Waals surface area contributed by atoms with Gasteiger partial charge in [0, 0.05) is 58.4 Å². The highest BCUT2D eigenvalue weighted by Gasteiger charge is 2.21. The van der Waals surface area contributed by atoms with Crippen LogP contribution in [0, 0.1) is 5.92 Å². The number of hydrogen-bond donors (Lipinski definition) is 3. The van der Waals surface area contributed by atoms with Crippen LogP contribution in [-0.2, 0) is 9.53 Å². The third kappa shape index (κ3) is 9.78. The zero-order valence-corrected chi connectivity index (χ0v) is 18.7. The highest BCUT2D eigenvalue weighted by molar-refractivity contribution is 5.80. The molecule has 0 aliphatic carbocycles. The van der Waals surface area contributed by atoms with Crippen molar-refractivity contribution in [1.82, 2.24) is 25.8 Å². The first-order chi connectivity index (χ1) is 14.1. The molecule has 3 N–H and O–H groups in total. The predicted molar refractivity (Wildman–Crippen MR) is 118 cm³/mol. The standard InChI is InChI=1S/C21H42N6O2/c1-4-8-23-20(28)17-26-9-6-19(7-10-26)25-21(22-5-2)24-15-18(3)16-27-11-13-29-14-12-27/h18-19H,4-17H2,1-3H3,(H,23,28)(H2,22,24,25). The second kappa shape index (κ2) is 13.8. The molecule has 0 radical (unpaired) electrons. The summed E-state index contributed by atoms with van der Waals surface area (Å²) in [7, 11) is 0. The lowest BCUT2D eigenvalue weighted by molar-refractivity contribution is -0.122. The molecular formula is C21H42N6O2. The molecule has 0 spiro atoms. The number of nitrogens with zero attached hydrogens (tertiary/aromatic N) is 3. The number of carbonyl (C=O) groups excluding carboxylic acids is 1. The topological polar surface area (TPSA) is 81.2 Å². The molecule has 0 aromatic carbocycles. The van der Waals surface area contributed by atoms with E-state index >= 15 is 0 Å². The maximum atomic E-state index is 11.9. The van der Waals surface area contributed by atoms with Crippen molar-refractivity contribution >= 4 is 11.9 Å². The third-order valence-electron chi connectivity index (χ3n) is 5.45. The number of nitrogens with one attached hydrogen (secondary N) is 3. The van der Waals surface area contributed by atoms with Gasteiger partial charge in [-0.05, 0) is 32.1 Å². The van der Waals surface area contributed by atoms with Gasteiger partial charge in [-0.25, -0.2) is 0 Å². The van der Waals surface area contributed by atoms with E-state index in [2.05, 4.69) is 46.5 Å². The maximum absolute atomic E-state index is 11.9. The summed E-state index contributed by atoms with van der Waals surface area (Å²) in [5, 5.41) is 9.95. The minimum atomic E-state index is 0.141. The summed E-state index contributed by atoms with van der Waals surface area (Å²) in [5.74, 6) is 1.58. The fraction of sp³-hybridized carbons (Fsp3) is 0.905. The Morgan fingerprint density at radius 1 is 1.10 bits per heavy atom. The minimum Gasteiger partial charge on any atom is -0.379 e. The van der Waals surface area contributed by atoms with Gasteiger partial charge in [-0.2, -0.15) is 0 Å². The Balaban J connectivity index is 1.71. The quantitative estimate of drug-likeness (QED) is 0.359. The molecule has 2 rings (SSSR count). The number of morpholine rings is 1. The first-order valence-corrected chi connectivity index (χ1v) is 11.4. The number of rotatable bonds is 10. The Kier molecular flexibility index (Phi) is 11.3. The molecule has 168 valence electrons. The van der Waals surface area contributed by atoms with Crippen molar-refractivity contribution in [2.24, 2.45) is 10.9 Å². The summed E-state index contributed by atoms with van der Waals surface area (Å²) in [4.78, 5) is 21.4. The molecule has 1 unspecified atom stereocenters. The number of guanidine groups is 1. The van der Waals surface area contributed by atoms with Gasteiger partial charge in [0.15, 0.2) is 5.96 Å². The van der Waals surface area contributed by atoms with Crippen molar-refractivity contribution in [3.05, 3.63) is 0 Å². The van der Waals surface area contributed by atoms with E-state index < -0.39 is 0 Å². The highest BCUT2D eigenvalue weighted by Crippen LogP contribution is 2.10. The van der Waals surface area contributed by atoms with Gasteiger partial charge in [0.05, 0.1) is 19.8 Å². The van der Waals surface area contributed by atoms with Crippen LogP contribution in [0.1, 0.15) is 40.0 Å². The van der Waals surface area contributed by atoms with E-state index in [1.807, 2.05) is 0 Å². The first kappa shape index (κ1) is 23.9. The zero-order chi connectivity index (χ0) is 20.9. The van der Waals surface area contributed by atoms with Crippen LogP contribution in [0.5, 0.6) is 0 Å². The minimum absolute atomic E-state index is 0.141. The third-order valence-corrected chi connectivity index (χ3v) is 5.45. The second-order valence-electron chi connectivity index (χ2n) is 8.28. The molecule has 0 aromatic heterocycles. The Hall–Kier alpha value is -1.38. The lowest BCUT2D eigenvalue weighted by Gasteiger charge is -2.32. The SMILES string of the molecule is CCCNC(=O)CN1CCC(NC(=NCC(C)CN2CCOCC2)NCC)CC1. The molecule has 2 heterocycles. The van der Waals surface area contributed by atoms with Crippen LogP contribution in [0.2, 0.25) is 0 Å². The average Bonchev–Trinajstić information content (AvgIpc) is 2.73. The summed E-state index contributed by atoms with van der Waals surface area (Å²) < 4.78 is 5.43. The van der Waals surface area contributed by atoms with Gasteiger partial charge in [0.1, 0.15) is 0 Å². The fourth-order valence-corrected chi connectivity index (χ4v) is 3.80. The van der Waals surface area contributed by atoms with Gasteiger partial charge in [0.2, 0.25) is 5.91 Å².